The minimum atomic E-state index is -1.11. The highest BCUT2D eigenvalue weighted by molar-refractivity contribution is 5.79. The van der Waals surface area contributed by atoms with E-state index in [9.17, 15) is 24.6 Å². The minimum absolute atomic E-state index is 0.253. The highest BCUT2D eigenvalue weighted by atomic mass is 16.6. The predicted octanol–water partition coefficient (Wildman–Crippen LogP) is 3.81. The highest BCUT2D eigenvalue weighted by Crippen LogP contribution is 2.46. The molecular weight excluding hydrogens is 338 g/mol. The molecule has 0 aromatic carbocycles. The van der Waals surface area contributed by atoms with Gasteiger partial charge < -0.3 is 20.3 Å². The summed E-state index contributed by atoms with van der Waals surface area (Å²) in [5.41, 5.74) is -0.977. The van der Waals surface area contributed by atoms with E-state index < -0.39 is 35.6 Å². The van der Waals surface area contributed by atoms with Crippen LogP contribution in [0.1, 0.15) is 79.1 Å². The van der Waals surface area contributed by atoms with Crippen LogP contribution in [0.5, 0.6) is 0 Å². The number of rotatable bonds is 8. The lowest BCUT2D eigenvalue weighted by molar-refractivity contribution is -0.147. The van der Waals surface area contributed by atoms with Crippen LogP contribution in [0.3, 0.4) is 0 Å². The summed E-state index contributed by atoms with van der Waals surface area (Å²) in [4.78, 5) is 34.8. The van der Waals surface area contributed by atoms with E-state index in [1.807, 2.05) is 0 Å². The van der Waals surface area contributed by atoms with E-state index in [4.69, 9.17) is 4.74 Å². The molecular formula is C19H33NO6. The van der Waals surface area contributed by atoms with Crippen molar-refractivity contribution in [1.29, 1.82) is 0 Å². The number of ether oxygens (including phenoxy) is 1. The van der Waals surface area contributed by atoms with Gasteiger partial charge in [0.1, 0.15) is 11.6 Å². The summed E-state index contributed by atoms with van der Waals surface area (Å²) in [6.07, 6.45) is 5.55. The fraction of sp³-hybridized carbons (Fsp3) is 0.842. The molecule has 1 amide bonds. The molecule has 0 bridgehead atoms. The van der Waals surface area contributed by atoms with Gasteiger partial charge in [0.05, 0.1) is 5.92 Å². The minimum Gasteiger partial charge on any atom is -0.481 e. The van der Waals surface area contributed by atoms with E-state index in [0.29, 0.717) is 12.8 Å². The second kappa shape index (κ2) is 9.24. The number of alkyl carbamates (subject to hydrolysis) is 1. The Hall–Kier alpha value is -1.79. The van der Waals surface area contributed by atoms with Crippen LogP contribution in [0.25, 0.3) is 0 Å². The maximum atomic E-state index is 11.8. The Balaban J connectivity index is 2.65. The second-order valence-corrected chi connectivity index (χ2v) is 8.41. The predicted molar refractivity (Wildman–Crippen MR) is 97.0 cm³/mol. The molecule has 0 aliphatic heterocycles. The maximum absolute atomic E-state index is 11.8. The molecule has 0 aromatic rings. The van der Waals surface area contributed by atoms with Crippen molar-refractivity contribution >= 4 is 18.0 Å². The Morgan fingerprint density at radius 2 is 1.65 bits per heavy atom. The summed E-state index contributed by atoms with van der Waals surface area (Å²) in [7, 11) is 0. The lowest BCUT2D eigenvalue weighted by Gasteiger charge is -2.41. The van der Waals surface area contributed by atoms with Gasteiger partial charge in [-0.3, -0.25) is 4.79 Å². The van der Waals surface area contributed by atoms with E-state index in [-0.39, 0.29) is 11.8 Å². The molecule has 0 radical (unpaired) electrons. The van der Waals surface area contributed by atoms with Crippen molar-refractivity contribution in [2.75, 3.05) is 0 Å². The molecule has 0 aromatic heterocycles. The molecule has 1 saturated carbocycles. The van der Waals surface area contributed by atoms with Crippen molar-refractivity contribution in [1.82, 2.24) is 5.32 Å². The van der Waals surface area contributed by atoms with Crippen molar-refractivity contribution < 1.29 is 29.3 Å². The van der Waals surface area contributed by atoms with Crippen LogP contribution in [-0.4, -0.2) is 39.9 Å². The summed E-state index contributed by atoms with van der Waals surface area (Å²) < 4.78 is 5.11. The molecule has 1 aliphatic rings. The molecule has 1 aliphatic carbocycles. The Morgan fingerprint density at radius 3 is 2.12 bits per heavy atom. The molecule has 1 fully saturated rings. The van der Waals surface area contributed by atoms with Gasteiger partial charge >= 0.3 is 18.0 Å². The number of carboxylic acid groups (broad SMARTS) is 2. The summed E-state index contributed by atoms with van der Waals surface area (Å²) in [6.45, 7) is 6.88. The van der Waals surface area contributed by atoms with E-state index in [0.717, 1.165) is 32.1 Å². The number of carbonyl (C=O) groups is 3. The average molecular weight is 371 g/mol. The molecule has 150 valence electrons. The Labute approximate surface area is 155 Å². The van der Waals surface area contributed by atoms with Gasteiger partial charge in [-0.25, -0.2) is 9.59 Å². The largest absolute Gasteiger partial charge is 0.481 e. The number of nitrogens with one attached hydrogen (secondary N) is 1. The standard InChI is InChI=1S/C19H33NO6/c1-13(15(21)22)19(10-6-5-7-11-19)12-8-9-14(16(23)24)20-17(25)26-18(2,3)4/h13-14H,5-12H2,1-4H3,(H,20,25)(H,21,22)(H,23,24). The zero-order valence-electron chi connectivity index (χ0n) is 16.3. The molecule has 7 nitrogen and oxygen atoms in total. The Bertz CT molecular complexity index is 505. The van der Waals surface area contributed by atoms with E-state index >= 15 is 0 Å². The molecule has 1 rings (SSSR count). The van der Waals surface area contributed by atoms with Crippen LogP contribution < -0.4 is 5.32 Å². The van der Waals surface area contributed by atoms with Crippen molar-refractivity contribution in [2.45, 2.75) is 90.7 Å². The molecule has 2 unspecified atom stereocenters. The quantitative estimate of drug-likeness (QED) is 0.598. The van der Waals surface area contributed by atoms with E-state index in [1.54, 1.807) is 27.7 Å². The number of carboxylic acids is 2. The highest BCUT2D eigenvalue weighted by Gasteiger charge is 2.40. The number of amides is 1. The van der Waals surface area contributed by atoms with Gasteiger partial charge in [-0.05, 0) is 51.9 Å². The number of hydrogen-bond donors (Lipinski definition) is 3. The SMILES string of the molecule is CC(C(=O)O)C1(CCCC(NC(=O)OC(C)(C)C)C(=O)O)CCCCC1. The lowest BCUT2D eigenvalue weighted by Crippen LogP contribution is -2.43. The zero-order valence-corrected chi connectivity index (χ0v) is 16.3. The van der Waals surface area contributed by atoms with E-state index in [1.165, 1.54) is 0 Å². The van der Waals surface area contributed by atoms with Crippen molar-refractivity contribution in [3.8, 4) is 0 Å². The third-order valence-electron chi connectivity index (χ3n) is 5.29. The smallest absolute Gasteiger partial charge is 0.408 e. The van der Waals surface area contributed by atoms with Crippen molar-refractivity contribution in [3.05, 3.63) is 0 Å². The van der Waals surface area contributed by atoms with Gasteiger partial charge in [-0.1, -0.05) is 32.6 Å². The second-order valence-electron chi connectivity index (χ2n) is 8.41. The average Bonchev–Trinajstić information content (AvgIpc) is 2.52. The first-order valence-corrected chi connectivity index (χ1v) is 9.42. The molecule has 0 saturated heterocycles. The number of aliphatic carboxylic acids is 2. The first kappa shape index (κ1) is 22.3. The van der Waals surface area contributed by atoms with Gasteiger partial charge in [-0.2, -0.15) is 0 Å². The lowest BCUT2D eigenvalue weighted by atomic mass is 9.64. The van der Waals surface area contributed by atoms with Gasteiger partial charge in [0.25, 0.3) is 0 Å². The van der Waals surface area contributed by atoms with Gasteiger partial charge in [0, 0.05) is 0 Å². The first-order chi connectivity index (χ1) is 12.0. The van der Waals surface area contributed by atoms with Crippen LogP contribution in [0.15, 0.2) is 0 Å². The first-order valence-electron chi connectivity index (χ1n) is 9.42. The van der Waals surface area contributed by atoms with Gasteiger partial charge in [0.2, 0.25) is 0 Å². The fourth-order valence-electron chi connectivity index (χ4n) is 3.78. The molecule has 26 heavy (non-hydrogen) atoms. The summed E-state index contributed by atoms with van der Waals surface area (Å²) in [6, 6.07) is -1.04. The zero-order chi connectivity index (χ0) is 20.0. The summed E-state index contributed by atoms with van der Waals surface area (Å²) in [5, 5.41) is 21.2. The summed E-state index contributed by atoms with van der Waals surface area (Å²) in [5.74, 6) is -2.36. The Morgan fingerprint density at radius 1 is 1.08 bits per heavy atom. The van der Waals surface area contributed by atoms with E-state index in [2.05, 4.69) is 5.32 Å². The van der Waals surface area contributed by atoms with Crippen LogP contribution >= 0.6 is 0 Å². The van der Waals surface area contributed by atoms with Crippen LogP contribution in [-0.2, 0) is 14.3 Å². The molecule has 0 spiro atoms. The normalized spacial score (nSPS) is 19.2. The molecule has 0 heterocycles. The number of carbonyl (C=O) groups excluding carboxylic acids is 1. The third-order valence-corrected chi connectivity index (χ3v) is 5.29. The monoisotopic (exact) mass is 371 g/mol. The van der Waals surface area contributed by atoms with Crippen LogP contribution in [0.2, 0.25) is 0 Å². The maximum Gasteiger partial charge on any atom is 0.408 e. The summed E-state index contributed by atoms with van der Waals surface area (Å²) >= 11 is 0. The van der Waals surface area contributed by atoms with Crippen LogP contribution in [0.4, 0.5) is 4.79 Å². The molecule has 3 N–H and O–H groups in total. The number of hydrogen-bond acceptors (Lipinski definition) is 4. The topological polar surface area (TPSA) is 113 Å². The Kier molecular flexibility index (Phi) is 7.90. The molecule has 7 heteroatoms. The molecule has 2 atom stereocenters. The van der Waals surface area contributed by atoms with Gasteiger partial charge in [0.15, 0.2) is 0 Å². The fourth-order valence-corrected chi connectivity index (χ4v) is 3.78. The van der Waals surface area contributed by atoms with Crippen molar-refractivity contribution in [3.63, 3.8) is 0 Å². The van der Waals surface area contributed by atoms with Crippen LogP contribution in [0, 0.1) is 11.3 Å². The van der Waals surface area contributed by atoms with Gasteiger partial charge in [-0.15, -0.1) is 0 Å². The van der Waals surface area contributed by atoms with Crippen molar-refractivity contribution in [2.24, 2.45) is 11.3 Å². The third kappa shape index (κ3) is 6.84.